The van der Waals surface area contributed by atoms with Crippen LogP contribution in [0.5, 0.6) is 0 Å². The number of anilines is 2. The summed E-state index contributed by atoms with van der Waals surface area (Å²) >= 11 is 0. The molecule has 5 heteroatoms. The zero-order valence-electron chi connectivity index (χ0n) is 11.7. The van der Waals surface area contributed by atoms with E-state index in [1.807, 2.05) is 42.2 Å². The molecule has 0 amide bonds. The second-order valence-electron chi connectivity index (χ2n) is 4.76. The lowest BCUT2D eigenvalue weighted by atomic mass is 10.1. The average Bonchev–Trinajstić information content (AvgIpc) is 2.46. The van der Waals surface area contributed by atoms with Gasteiger partial charge in [0.25, 0.3) is 0 Å². The van der Waals surface area contributed by atoms with Gasteiger partial charge in [0, 0.05) is 24.5 Å². The molecular weight excluding hydrogens is 277 g/mol. The fourth-order valence-corrected chi connectivity index (χ4v) is 2.23. The Balaban J connectivity index is 2.34. The van der Waals surface area contributed by atoms with E-state index in [0.717, 1.165) is 11.8 Å². The largest absolute Gasteiger partial charge is 0.416 e. The van der Waals surface area contributed by atoms with Gasteiger partial charge in [0.15, 0.2) is 0 Å². The Labute approximate surface area is 122 Å². The first-order valence-electron chi connectivity index (χ1n) is 6.67. The van der Waals surface area contributed by atoms with Crippen molar-refractivity contribution in [3.63, 3.8) is 0 Å². The van der Waals surface area contributed by atoms with Crippen LogP contribution in [0.2, 0.25) is 0 Å². The van der Waals surface area contributed by atoms with Crippen LogP contribution >= 0.6 is 0 Å². The summed E-state index contributed by atoms with van der Waals surface area (Å²) in [7, 11) is 0. The van der Waals surface area contributed by atoms with Gasteiger partial charge in [-0.1, -0.05) is 24.3 Å². The van der Waals surface area contributed by atoms with E-state index in [1.165, 1.54) is 12.1 Å². The first-order chi connectivity index (χ1) is 9.91. The highest BCUT2D eigenvalue weighted by Crippen LogP contribution is 2.34. The lowest BCUT2D eigenvalue weighted by Crippen LogP contribution is -2.24. The molecule has 0 bridgehead atoms. The lowest BCUT2D eigenvalue weighted by molar-refractivity contribution is -0.138. The molecule has 0 atom stereocenters. The van der Waals surface area contributed by atoms with Crippen molar-refractivity contribution in [1.82, 2.24) is 0 Å². The van der Waals surface area contributed by atoms with Gasteiger partial charge in [-0.05, 0) is 36.8 Å². The van der Waals surface area contributed by atoms with Gasteiger partial charge in [-0.25, -0.2) is 0 Å². The molecule has 0 aliphatic rings. The van der Waals surface area contributed by atoms with Crippen LogP contribution in [0.25, 0.3) is 0 Å². The molecule has 0 aliphatic heterocycles. The summed E-state index contributed by atoms with van der Waals surface area (Å²) in [6.07, 6.45) is -4.40. The van der Waals surface area contributed by atoms with Crippen LogP contribution in [0.15, 0.2) is 48.5 Å². The van der Waals surface area contributed by atoms with Crippen molar-refractivity contribution >= 4 is 11.4 Å². The first kappa shape index (κ1) is 15.2. The predicted octanol–water partition coefficient (Wildman–Crippen LogP) is 4.31. The molecule has 2 nitrogen and oxygen atoms in total. The van der Waals surface area contributed by atoms with Gasteiger partial charge in [-0.2, -0.15) is 13.2 Å². The third-order valence-corrected chi connectivity index (χ3v) is 3.30. The number of alkyl halides is 3. The quantitative estimate of drug-likeness (QED) is 0.851. The number of rotatable bonds is 4. The van der Waals surface area contributed by atoms with Crippen molar-refractivity contribution in [2.24, 2.45) is 0 Å². The van der Waals surface area contributed by atoms with E-state index in [9.17, 15) is 13.2 Å². The monoisotopic (exact) mass is 294 g/mol. The maximum absolute atomic E-state index is 13.1. The maximum atomic E-state index is 13.1. The maximum Gasteiger partial charge on any atom is 0.416 e. The van der Waals surface area contributed by atoms with Gasteiger partial charge in [-0.15, -0.1) is 0 Å². The van der Waals surface area contributed by atoms with Gasteiger partial charge < -0.3 is 10.6 Å². The summed E-state index contributed by atoms with van der Waals surface area (Å²) in [4.78, 5) is 1.89. The average molecular weight is 294 g/mol. The Morgan fingerprint density at radius 3 is 2.29 bits per heavy atom. The molecule has 0 saturated heterocycles. The summed E-state index contributed by atoms with van der Waals surface area (Å²) < 4.78 is 39.3. The highest BCUT2D eigenvalue weighted by Gasteiger charge is 2.33. The van der Waals surface area contributed by atoms with E-state index >= 15 is 0 Å². The topological polar surface area (TPSA) is 29.3 Å². The van der Waals surface area contributed by atoms with Crippen molar-refractivity contribution in [2.75, 3.05) is 17.2 Å². The minimum absolute atomic E-state index is 0.119. The highest BCUT2D eigenvalue weighted by atomic mass is 19.4. The smallest absolute Gasteiger partial charge is 0.399 e. The molecule has 2 aromatic rings. The van der Waals surface area contributed by atoms with Crippen molar-refractivity contribution in [3.05, 3.63) is 59.7 Å². The summed E-state index contributed by atoms with van der Waals surface area (Å²) in [6, 6.07) is 13.3. The lowest BCUT2D eigenvalue weighted by Gasteiger charge is -2.25. The van der Waals surface area contributed by atoms with Crippen LogP contribution in [-0.2, 0) is 12.7 Å². The molecule has 21 heavy (non-hydrogen) atoms. The predicted molar refractivity (Wildman–Crippen MR) is 79.0 cm³/mol. The Hall–Kier alpha value is -2.17. The molecule has 0 unspecified atom stereocenters. The first-order valence-corrected chi connectivity index (χ1v) is 6.67. The van der Waals surface area contributed by atoms with Crippen LogP contribution in [0.1, 0.15) is 18.1 Å². The third kappa shape index (κ3) is 3.68. The van der Waals surface area contributed by atoms with Crippen LogP contribution in [-0.4, -0.2) is 6.54 Å². The van der Waals surface area contributed by atoms with Crippen LogP contribution < -0.4 is 10.6 Å². The van der Waals surface area contributed by atoms with Crippen molar-refractivity contribution in [2.45, 2.75) is 19.6 Å². The highest BCUT2D eigenvalue weighted by molar-refractivity contribution is 5.50. The van der Waals surface area contributed by atoms with E-state index in [2.05, 4.69) is 0 Å². The Bertz CT molecular complexity index is 594. The molecular formula is C16H17F3N2. The van der Waals surface area contributed by atoms with Gasteiger partial charge in [-0.3, -0.25) is 0 Å². The van der Waals surface area contributed by atoms with E-state index < -0.39 is 11.7 Å². The summed E-state index contributed by atoms with van der Waals surface area (Å²) in [6.45, 7) is 2.72. The molecule has 112 valence electrons. The molecule has 2 rings (SSSR count). The number of nitrogens with zero attached hydrogens (tertiary/aromatic N) is 1. The zero-order chi connectivity index (χ0) is 15.5. The normalized spacial score (nSPS) is 11.4. The van der Waals surface area contributed by atoms with Crippen molar-refractivity contribution in [1.29, 1.82) is 0 Å². The molecule has 0 aromatic heterocycles. The number of para-hydroxylation sites is 1. The molecule has 0 heterocycles. The van der Waals surface area contributed by atoms with Crippen LogP contribution in [0.4, 0.5) is 24.5 Å². The Morgan fingerprint density at radius 2 is 1.71 bits per heavy atom. The van der Waals surface area contributed by atoms with E-state index in [4.69, 9.17) is 5.73 Å². The molecule has 2 aromatic carbocycles. The number of benzene rings is 2. The zero-order valence-corrected chi connectivity index (χ0v) is 11.7. The minimum atomic E-state index is -4.40. The summed E-state index contributed by atoms with van der Waals surface area (Å²) in [5, 5.41) is 0. The molecule has 0 spiro atoms. The van der Waals surface area contributed by atoms with E-state index in [-0.39, 0.29) is 17.8 Å². The van der Waals surface area contributed by atoms with Crippen molar-refractivity contribution < 1.29 is 13.2 Å². The van der Waals surface area contributed by atoms with Gasteiger partial charge in [0.05, 0.1) is 5.56 Å². The van der Waals surface area contributed by atoms with Gasteiger partial charge in [0.2, 0.25) is 0 Å². The fraction of sp³-hybridized carbons (Fsp3) is 0.250. The molecule has 0 aliphatic carbocycles. The van der Waals surface area contributed by atoms with E-state index in [1.54, 1.807) is 0 Å². The molecule has 0 saturated carbocycles. The second kappa shape index (κ2) is 6.08. The number of nitrogen functional groups attached to an aromatic ring is 1. The molecule has 0 fully saturated rings. The summed E-state index contributed by atoms with van der Waals surface area (Å²) in [5.74, 6) is 0. The third-order valence-electron chi connectivity index (χ3n) is 3.30. The Kier molecular flexibility index (Phi) is 4.40. The number of hydrogen-bond acceptors (Lipinski definition) is 2. The number of halogens is 3. The van der Waals surface area contributed by atoms with Crippen LogP contribution in [0, 0.1) is 0 Å². The minimum Gasteiger partial charge on any atom is -0.399 e. The fourth-order valence-electron chi connectivity index (χ4n) is 2.23. The second-order valence-corrected chi connectivity index (χ2v) is 4.76. The van der Waals surface area contributed by atoms with E-state index in [0.29, 0.717) is 6.54 Å². The standard InChI is InChI=1S/C16H17F3N2/c1-2-21(14-6-4-3-5-7-14)11-12-8-9-13(20)10-15(12)16(17,18)19/h3-10H,2,11,20H2,1H3. The van der Waals surface area contributed by atoms with Gasteiger partial charge >= 0.3 is 6.18 Å². The van der Waals surface area contributed by atoms with Gasteiger partial charge in [0.1, 0.15) is 0 Å². The Morgan fingerprint density at radius 1 is 1.05 bits per heavy atom. The number of nitrogens with two attached hydrogens (primary N) is 1. The molecule has 2 N–H and O–H groups in total. The summed E-state index contributed by atoms with van der Waals surface area (Å²) in [5.41, 5.74) is 6.05. The molecule has 0 radical (unpaired) electrons. The SMILES string of the molecule is CCN(Cc1ccc(N)cc1C(F)(F)F)c1ccccc1. The van der Waals surface area contributed by atoms with Crippen molar-refractivity contribution in [3.8, 4) is 0 Å². The number of hydrogen-bond donors (Lipinski definition) is 1. The van der Waals surface area contributed by atoms with Crippen LogP contribution in [0.3, 0.4) is 0 Å².